The topological polar surface area (TPSA) is 50.1 Å². The van der Waals surface area contributed by atoms with Crippen molar-refractivity contribution in [3.05, 3.63) is 29.8 Å². The lowest BCUT2D eigenvalue weighted by Crippen LogP contribution is -2.49. The van der Waals surface area contributed by atoms with Gasteiger partial charge >= 0.3 is 0 Å². The van der Waals surface area contributed by atoms with E-state index in [0.29, 0.717) is 11.7 Å². The monoisotopic (exact) mass is 293 g/mol. The highest BCUT2D eigenvalue weighted by molar-refractivity contribution is 7.80. The second-order valence-electron chi connectivity index (χ2n) is 7.17. The fourth-order valence-electron chi connectivity index (χ4n) is 2.54. The zero-order chi connectivity index (χ0) is 15.4. The molecule has 0 heterocycles. The molecule has 0 saturated carbocycles. The van der Waals surface area contributed by atoms with Crippen molar-refractivity contribution in [3.8, 4) is 0 Å². The Hall–Kier alpha value is -1.29. The summed E-state index contributed by atoms with van der Waals surface area (Å²) in [6.07, 6.45) is 1.05. The minimum absolute atomic E-state index is 0.0244. The Morgan fingerprint density at radius 1 is 1.10 bits per heavy atom. The van der Waals surface area contributed by atoms with Crippen LogP contribution >= 0.6 is 12.2 Å². The SMILES string of the molecule is CC(C)(C)CC(C)(C)NC(=S)NCc1ccc(N)cc1. The van der Waals surface area contributed by atoms with E-state index in [1.165, 1.54) is 0 Å². The molecule has 20 heavy (non-hydrogen) atoms. The van der Waals surface area contributed by atoms with Crippen LogP contribution in [0.5, 0.6) is 0 Å². The minimum atomic E-state index is -0.0244. The van der Waals surface area contributed by atoms with Gasteiger partial charge < -0.3 is 16.4 Å². The molecular formula is C16H27N3S. The molecule has 0 saturated heterocycles. The Morgan fingerprint density at radius 2 is 1.65 bits per heavy atom. The lowest BCUT2D eigenvalue weighted by molar-refractivity contribution is 0.266. The van der Waals surface area contributed by atoms with E-state index >= 15 is 0 Å². The third kappa shape index (κ3) is 6.75. The highest BCUT2D eigenvalue weighted by atomic mass is 32.1. The van der Waals surface area contributed by atoms with Gasteiger partial charge in [0.1, 0.15) is 0 Å². The Bertz CT molecular complexity index is 444. The summed E-state index contributed by atoms with van der Waals surface area (Å²) in [5.74, 6) is 0. The summed E-state index contributed by atoms with van der Waals surface area (Å²) in [4.78, 5) is 0. The van der Waals surface area contributed by atoms with Gasteiger partial charge in [0.25, 0.3) is 0 Å². The molecule has 4 N–H and O–H groups in total. The van der Waals surface area contributed by atoms with Gasteiger partial charge in [-0.05, 0) is 55.6 Å². The molecular weight excluding hydrogens is 266 g/mol. The van der Waals surface area contributed by atoms with Crippen molar-refractivity contribution in [1.82, 2.24) is 10.6 Å². The summed E-state index contributed by atoms with van der Waals surface area (Å²) in [6, 6.07) is 7.81. The van der Waals surface area contributed by atoms with Crippen LogP contribution in [0, 0.1) is 5.41 Å². The normalized spacial score (nSPS) is 12.1. The van der Waals surface area contributed by atoms with Crippen molar-refractivity contribution >= 4 is 23.0 Å². The number of hydrogen-bond acceptors (Lipinski definition) is 2. The van der Waals surface area contributed by atoms with Gasteiger partial charge in [-0.15, -0.1) is 0 Å². The molecule has 0 amide bonds. The average molecular weight is 293 g/mol. The highest BCUT2D eigenvalue weighted by Crippen LogP contribution is 2.26. The van der Waals surface area contributed by atoms with E-state index in [-0.39, 0.29) is 11.0 Å². The molecule has 0 aliphatic carbocycles. The minimum Gasteiger partial charge on any atom is -0.399 e. The molecule has 112 valence electrons. The molecule has 0 bridgehead atoms. The van der Waals surface area contributed by atoms with Crippen LogP contribution < -0.4 is 16.4 Å². The van der Waals surface area contributed by atoms with E-state index in [0.717, 1.165) is 17.7 Å². The predicted molar refractivity (Wildman–Crippen MR) is 91.6 cm³/mol. The second kappa shape index (κ2) is 6.44. The van der Waals surface area contributed by atoms with Gasteiger partial charge in [0, 0.05) is 17.8 Å². The summed E-state index contributed by atoms with van der Waals surface area (Å²) < 4.78 is 0. The number of nitrogen functional groups attached to an aromatic ring is 1. The van der Waals surface area contributed by atoms with Crippen molar-refractivity contribution in [2.24, 2.45) is 5.41 Å². The third-order valence-corrected chi connectivity index (χ3v) is 3.10. The largest absolute Gasteiger partial charge is 0.399 e. The molecule has 0 fully saturated rings. The number of benzene rings is 1. The van der Waals surface area contributed by atoms with Crippen LogP contribution in [-0.4, -0.2) is 10.7 Å². The van der Waals surface area contributed by atoms with Crippen molar-refractivity contribution in [3.63, 3.8) is 0 Å². The van der Waals surface area contributed by atoms with Gasteiger partial charge in [-0.3, -0.25) is 0 Å². The maximum Gasteiger partial charge on any atom is 0.166 e. The summed E-state index contributed by atoms with van der Waals surface area (Å²) in [7, 11) is 0. The van der Waals surface area contributed by atoms with Crippen LogP contribution in [0.3, 0.4) is 0 Å². The van der Waals surface area contributed by atoms with E-state index in [4.69, 9.17) is 18.0 Å². The number of nitrogens with two attached hydrogens (primary N) is 1. The van der Waals surface area contributed by atoms with Crippen LogP contribution in [0.15, 0.2) is 24.3 Å². The summed E-state index contributed by atoms with van der Waals surface area (Å²) in [6.45, 7) is 11.8. The molecule has 1 aromatic rings. The Labute approximate surface area is 128 Å². The first-order valence-electron chi connectivity index (χ1n) is 6.98. The lowest BCUT2D eigenvalue weighted by atomic mass is 9.82. The summed E-state index contributed by atoms with van der Waals surface area (Å²) in [5, 5.41) is 7.32. The number of thiocarbonyl (C=S) groups is 1. The number of hydrogen-bond donors (Lipinski definition) is 3. The quantitative estimate of drug-likeness (QED) is 0.588. The van der Waals surface area contributed by atoms with Crippen LogP contribution in [0.2, 0.25) is 0 Å². The maximum absolute atomic E-state index is 5.67. The molecule has 3 nitrogen and oxygen atoms in total. The predicted octanol–water partition coefficient (Wildman–Crippen LogP) is 3.45. The molecule has 1 rings (SSSR count). The molecule has 0 aliphatic heterocycles. The first-order chi connectivity index (χ1) is 9.07. The van der Waals surface area contributed by atoms with Gasteiger partial charge in [0.2, 0.25) is 0 Å². The molecule has 1 aromatic carbocycles. The summed E-state index contributed by atoms with van der Waals surface area (Å²) in [5.41, 5.74) is 7.85. The Morgan fingerprint density at radius 3 is 2.15 bits per heavy atom. The zero-order valence-corrected chi connectivity index (χ0v) is 14.0. The van der Waals surface area contributed by atoms with Gasteiger partial charge in [0.05, 0.1) is 0 Å². The fraction of sp³-hybridized carbons (Fsp3) is 0.562. The van der Waals surface area contributed by atoms with Crippen LogP contribution in [0.4, 0.5) is 5.69 Å². The molecule has 0 radical (unpaired) electrons. The molecule has 4 heteroatoms. The number of anilines is 1. The van der Waals surface area contributed by atoms with Crippen LogP contribution in [0.1, 0.15) is 46.6 Å². The standard InChI is InChI=1S/C16H27N3S/c1-15(2,3)11-16(4,5)19-14(20)18-10-12-6-8-13(17)9-7-12/h6-9H,10-11,17H2,1-5H3,(H2,18,19,20). The van der Waals surface area contributed by atoms with Gasteiger partial charge in [-0.25, -0.2) is 0 Å². The van der Waals surface area contributed by atoms with Crippen molar-refractivity contribution < 1.29 is 0 Å². The van der Waals surface area contributed by atoms with Crippen molar-refractivity contribution in [2.75, 3.05) is 5.73 Å². The molecule has 0 atom stereocenters. The smallest absolute Gasteiger partial charge is 0.166 e. The van der Waals surface area contributed by atoms with E-state index in [1.54, 1.807) is 0 Å². The molecule has 0 aromatic heterocycles. The van der Waals surface area contributed by atoms with E-state index < -0.39 is 0 Å². The first-order valence-corrected chi connectivity index (χ1v) is 7.39. The molecule has 0 unspecified atom stereocenters. The van der Waals surface area contributed by atoms with Gasteiger partial charge in [0.15, 0.2) is 5.11 Å². The van der Waals surface area contributed by atoms with Crippen molar-refractivity contribution in [2.45, 2.75) is 53.1 Å². The van der Waals surface area contributed by atoms with E-state index in [2.05, 4.69) is 45.3 Å². The molecule has 0 aliphatic rings. The highest BCUT2D eigenvalue weighted by Gasteiger charge is 2.25. The Balaban J connectivity index is 2.45. The van der Waals surface area contributed by atoms with E-state index in [1.807, 2.05) is 24.3 Å². The zero-order valence-electron chi connectivity index (χ0n) is 13.2. The molecule has 0 spiro atoms. The lowest BCUT2D eigenvalue weighted by Gasteiger charge is -2.34. The fourth-order valence-corrected chi connectivity index (χ4v) is 2.89. The second-order valence-corrected chi connectivity index (χ2v) is 7.58. The third-order valence-electron chi connectivity index (χ3n) is 2.86. The number of nitrogens with one attached hydrogen (secondary N) is 2. The average Bonchev–Trinajstić information content (AvgIpc) is 2.24. The van der Waals surface area contributed by atoms with Crippen LogP contribution in [0.25, 0.3) is 0 Å². The van der Waals surface area contributed by atoms with Gasteiger partial charge in [-0.2, -0.15) is 0 Å². The van der Waals surface area contributed by atoms with Crippen molar-refractivity contribution in [1.29, 1.82) is 0 Å². The first kappa shape index (κ1) is 16.8. The van der Waals surface area contributed by atoms with Gasteiger partial charge in [-0.1, -0.05) is 32.9 Å². The Kier molecular flexibility index (Phi) is 5.40. The maximum atomic E-state index is 5.67. The summed E-state index contributed by atoms with van der Waals surface area (Å²) >= 11 is 5.37. The van der Waals surface area contributed by atoms with Crippen LogP contribution in [-0.2, 0) is 6.54 Å². The number of rotatable bonds is 4. The van der Waals surface area contributed by atoms with E-state index in [9.17, 15) is 0 Å².